The zero-order valence-electron chi connectivity index (χ0n) is 7.48. The number of aryl methyl sites for hydroxylation is 1. The fourth-order valence-corrected chi connectivity index (χ4v) is 1.28. The fraction of sp³-hybridized carbons (Fsp3) is 0.125. The molecule has 0 saturated carbocycles. The van der Waals surface area contributed by atoms with Crippen LogP contribution in [0.2, 0.25) is 5.15 Å². The van der Waals surface area contributed by atoms with Crippen LogP contribution in [0, 0.1) is 6.92 Å². The van der Waals surface area contributed by atoms with E-state index in [0.29, 0.717) is 16.8 Å². The Bertz CT molecular complexity index is 465. The average molecular weight is 210 g/mol. The number of nitrogen functional groups attached to an aromatic ring is 1. The summed E-state index contributed by atoms with van der Waals surface area (Å²) in [5.41, 5.74) is 6.55. The first kappa shape index (κ1) is 8.96. The van der Waals surface area contributed by atoms with Crippen molar-refractivity contribution in [2.45, 2.75) is 6.92 Å². The number of aromatic nitrogens is 4. The SMILES string of the molecule is Cc1cc(N)n(-c2cc(Cl)ncn2)n1. The average Bonchev–Trinajstić information content (AvgIpc) is 2.45. The molecule has 0 aliphatic rings. The molecule has 2 aromatic heterocycles. The number of halogens is 1. The summed E-state index contributed by atoms with van der Waals surface area (Å²) in [5, 5.41) is 4.53. The number of rotatable bonds is 1. The Morgan fingerprint density at radius 1 is 1.36 bits per heavy atom. The molecular weight excluding hydrogens is 202 g/mol. The van der Waals surface area contributed by atoms with E-state index >= 15 is 0 Å². The van der Waals surface area contributed by atoms with Crippen molar-refractivity contribution in [2.75, 3.05) is 5.73 Å². The zero-order valence-corrected chi connectivity index (χ0v) is 8.23. The van der Waals surface area contributed by atoms with E-state index in [4.69, 9.17) is 17.3 Å². The van der Waals surface area contributed by atoms with Crippen LogP contribution in [0.25, 0.3) is 5.82 Å². The molecule has 72 valence electrons. The lowest BCUT2D eigenvalue weighted by molar-refractivity contribution is 0.835. The largest absolute Gasteiger partial charge is 0.384 e. The van der Waals surface area contributed by atoms with E-state index in [-0.39, 0.29) is 0 Å². The molecule has 0 fully saturated rings. The van der Waals surface area contributed by atoms with Crippen molar-refractivity contribution in [1.29, 1.82) is 0 Å². The molecule has 5 nitrogen and oxygen atoms in total. The van der Waals surface area contributed by atoms with Crippen molar-refractivity contribution in [3.63, 3.8) is 0 Å². The molecule has 0 saturated heterocycles. The summed E-state index contributed by atoms with van der Waals surface area (Å²) >= 11 is 5.72. The first-order valence-corrected chi connectivity index (χ1v) is 4.34. The number of nitrogens with two attached hydrogens (primary N) is 1. The molecule has 6 heteroatoms. The third-order valence-electron chi connectivity index (χ3n) is 1.70. The van der Waals surface area contributed by atoms with Gasteiger partial charge in [-0.3, -0.25) is 0 Å². The first-order valence-electron chi connectivity index (χ1n) is 3.97. The minimum Gasteiger partial charge on any atom is -0.384 e. The lowest BCUT2D eigenvalue weighted by Gasteiger charge is -2.01. The van der Waals surface area contributed by atoms with Crippen LogP contribution in [-0.2, 0) is 0 Å². The second-order valence-electron chi connectivity index (χ2n) is 2.82. The third-order valence-corrected chi connectivity index (χ3v) is 1.90. The predicted octanol–water partition coefficient (Wildman–Crippen LogP) is 1.21. The highest BCUT2D eigenvalue weighted by molar-refractivity contribution is 6.29. The summed E-state index contributed by atoms with van der Waals surface area (Å²) in [6.45, 7) is 1.86. The van der Waals surface area contributed by atoms with Gasteiger partial charge in [0.05, 0.1) is 5.69 Å². The van der Waals surface area contributed by atoms with E-state index in [1.807, 2.05) is 6.92 Å². The minimum atomic E-state index is 0.363. The van der Waals surface area contributed by atoms with E-state index in [1.165, 1.54) is 11.0 Å². The number of nitrogens with zero attached hydrogens (tertiary/aromatic N) is 4. The Morgan fingerprint density at radius 3 is 2.71 bits per heavy atom. The summed E-state index contributed by atoms with van der Waals surface area (Å²) in [7, 11) is 0. The summed E-state index contributed by atoms with van der Waals surface area (Å²) in [6, 6.07) is 3.36. The van der Waals surface area contributed by atoms with Crippen LogP contribution in [-0.4, -0.2) is 19.7 Å². The smallest absolute Gasteiger partial charge is 0.160 e. The van der Waals surface area contributed by atoms with Gasteiger partial charge in [-0.2, -0.15) is 9.78 Å². The monoisotopic (exact) mass is 209 g/mol. The second kappa shape index (κ2) is 3.26. The summed E-state index contributed by atoms with van der Waals surface area (Å²) < 4.78 is 1.52. The number of hydrogen-bond donors (Lipinski definition) is 1. The molecule has 0 atom stereocenters. The van der Waals surface area contributed by atoms with Crippen molar-refractivity contribution < 1.29 is 0 Å². The number of anilines is 1. The molecule has 0 amide bonds. The van der Waals surface area contributed by atoms with E-state index in [1.54, 1.807) is 12.1 Å². The van der Waals surface area contributed by atoms with Crippen LogP contribution in [0.15, 0.2) is 18.5 Å². The van der Waals surface area contributed by atoms with Gasteiger partial charge in [0.15, 0.2) is 5.82 Å². The molecule has 2 N–H and O–H groups in total. The summed E-state index contributed by atoms with van der Waals surface area (Å²) in [5.74, 6) is 1.09. The topological polar surface area (TPSA) is 69.6 Å². The van der Waals surface area contributed by atoms with Crippen LogP contribution in [0.5, 0.6) is 0 Å². The minimum absolute atomic E-state index is 0.363. The quantitative estimate of drug-likeness (QED) is 0.717. The van der Waals surface area contributed by atoms with E-state index < -0.39 is 0 Å². The molecule has 2 rings (SSSR count). The van der Waals surface area contributed by atoms with Gasteiger partial charge in [-0.05, 0) is 6.92 Å². The fourth-order valence-electron chi connectivity index (χ4n) is 1.14. The van der Waals surface area contributed by atoms with Crippen molar-refractivity contribution in [3.8, 4) is 5.82 Å². The maximum Gasteiger partial charge on any atom is 0.160 e. The molecule has 0 spiro atoms. The Hall–Kier alpha value is -1.62. The summed E-state index contributed by atoms with van der Waals surface area (Å²) in [4.78, 5) is 7.78. The highest BCUT2D eigenvalue weighted by Crippen LogP contribution is 2.13. The molecule has 0 aliphatic carbocycles. The van der Waals surface area contributed by atoms with Crippen LogP contribution in [0.4, 0.5) is 5.82 Å². The van der Waals surface area contributed by atoms with E-state index in [0.717, 1.165) is 5.69 Å². The van der Waals surface area contributed by atoms with Crippen LogP contribution in [0.1, 0.15) is 5.69 Å². The van der Waals surface area contributed by atoms with Crippen molar-refractivity contribution in [3.05, 3.63) is 29.3 Å². The van der Waals surface area contributed by atoms with E-state index in [2.05, 4.69) is 15.1 Å². The first-order chi connectivity index (χ1) is 6.66. The Balaban J connectivity index is 2.54. The zero-order chi connectivity index (χ0) is 10.1. The Kier molecular flexibility index (Phi) is 2.09. The number of hydrogen-bond acceptors (Lipinski definition) is 4. The normalized spacial score (nSPS) is 10.4. The lowest BCUT2D eigenvalue weighted by Crippen LogP contribution is -2.04. The molecular formula is C8H8ClN5. The predicted molar refractivity (Wildman–Crippen MR) is 53.3 cm³/mol. The van der Waals surface area contributed by atoms with Gasteiger partial charge in [0.2, 0.25) is 0 Å². The lowest BCUT2D eigenvalue weighted by atomic mass is 10.5. The van der Waals surface area contributed by atoms with Crippen molar-refractivity contribution in [2.24, 2.45) is 0 Å². The molecule has 0 radical (unpaired) electrons. The van der Waals surface area contributed by atoms with Gasteiger partial charge in [-0.25, -0.2) is 9.97 Å². The van der Waals surface area contributed by atoms with Crippen LogP contribution >= 0.6 is 11.6 Å². The van der Waals surface area contributed by atoms with Gasteiger partial charge in [-0.1, -0.05) is 11.6 Å². The van der Waals surface area contributed by atoms with Gasteiger partial charge >= 0.3 is 0 Å². The maximum atomic E-state index is 5.72. The van der Waals surface area contributed by atoms with E-state index in [9.17, 15) is 0 Å². The standard InChI is InChI=1S/C8H8ClN5/c1-5-2-7(10)14(13-5)8-3-6(9)11-4-12-8/h2-4H,10H2,1H3. The molecule has 0 aromatic carbocycles. The van der Waals surface area contributed by atoms with Gasteiger partial charge in [0.25, 0.3) is 0 Å². The highest BCUT2D eigenvalue weighted by atomic mass is 35.5. The summed E-state index contributed by atoms with van der Waals surface area (Å²) in [6.07, 6.45) is 1.37. The second-order valence-corrected chi connectivity index (χ2v) is 3.21. The Morgan fingerprint density at radius 2 is 2.14 bits per heavy atom. The van der Waals surface area contributed by atoms with Crippen molar-refractivity contribution in [1.82, 2.24) is 19.7 Å². The third kappa shape index (κ3) is 1.54. The molecule has 14 heavy (non-hydrogen) atoms. The molecule has 0 bridgehead atoms. The van der Waals surface area contributed by atoms with Crippen LogP contribution < -0.4 is 5.73 Å². The van der Waals surface area contributed by atoms with Gasteiger partial charge < -0.3 is 5.73 Å². The highest BCUT2D eigenvalue weighted by Gasteiger charge is 2.05. The molecule has 2 aromatic rings. The van der Waals surface area contributed by atoms with Crippen LogP contribution in [0.3, 0.4) is 0 Å². The maximum absolute atomic E-state index is 5.72. The van der Waals surface area contributed by atoms with Gasteiger partial charge in [0.1, 0.15) is 17.3 Å². The van der Waals surface area contributed by atoms with Gasteiger partial charge in [-0.15, -0.1) is 0 Å². The molecule has 0 unspecified atom stereocenters. The molecule has 2 heterocycles. The molecule has 0 aliphatic heterocycles. The Labute approximate surface area is 85.5 Å². The van der Waals surface area contributed by atoms with Crippen molar-refractivity contribution >= 4 is 17.4 Å². The van der Waals surface area contributed by atoms with Gasteiger partial charge in [0, 0.05) is 12.1 Å².